The first-order valence-electron chi connectivity index (χ1n) is 5.38. The van der Waals surface area contributed by atoms with Crippen LogP contribution in [0.15, 0.2) is 0 Å². The molecule has 0 aromatic carbocycles. The van der Waals surface area contributed by atoms with Crippen LogP contribution in [0.4, 0.5) is 4.79 Å². The first-order chi connectivity index (χ1) is 7.79. The lowest BCUT2D eigenvalue weighted by molar-refractivity contribution is -0.141. The van der Waals surface area contributed by atoms with Gasteiger partial charge < -0.3 is 21.5 Å². The van der Waals surface area contributed by atoms with E-state index in [1.165, 1.54) is 6.92 Å². The third-order valence-corrected chi connectivity index (χ3v) is 2.52. The van der Waals surface area contributed by atoms with Crippen molar-refractivity contribution in [2.75, 3.05) is 0 Å². The Hall–Kier alpha value is -1.79. The molecule has 0 radical (unpaired) electrons. The maximum atomic E-state index is 11.7. The van der Waals surface area contributed by atoms with Gasteiger partial charge in [-0.05, 0) is 12.8 Å². The third kappa shape index (κ3) is 5.19. The van der Waals surface area contributed by atoms with Crippen molar-refractivity contribution >= 4 is 17.9 Å². The van der Waals surface area contributed by atoms with E-state index in [0.717, 1.165) is 0 Å². The molecular weight excluding hydrogens is 226 g/mol. The van der Waals surface area contributed by atoms with Gasteiger partial charge in [-0.1, -0.05) is 20.3 Å². The van der Waals surface area contributed by atoms with Crippen molar-refractivity contribution in [3.63, 3.8) is 0 Å². The average molecular weight is 245 g/mol. The second-order valence-electron chi connectivity index (χ2n) is 3.94. The van der Waals surface area contributed by atoms with Crippen molar-refractivity contribution in [1.29, 1.82) is 0 Å². The largest absolute Gasteiger partial charge is 0.480 e. The number of carbonyl (C=O) groups is 3. The first kappa shape index (κ1) is 15.2. The summed E-state index contributed by atoms with van der Waals surface area (Å²) in [6.45, 7) is 4.97. The Balaban J connectivity index is 4.63. The number of carboxylic acid groups (broad SMARTS) is 1. The summed E-state index contributed by atoms with van der Waals surface area (Å²) in [6, 6.07) is -2.64. The molecule has 0 fully saturated rings. The number of urea groups is 1. The van der Waals surface area contributed by atoms with Crippen LogP contribution in [-0.4, -0.2) is 35.1 Å². The number of carboxylic acids is 1. The number of nitrogens with two attached hydrogens (primary N) is 1. The van der Waals surface area contributed by atoms with Crippen LogP contribution in [0.5, 0.6) is 0 Å². The van der Waals surface area contributed by atoms with E-state index in [9.17, 15) is 14.4 Å². The Kier molecular flexibility index (Phi) is 6.01. The monoisotopic (exact) mass is 245 g/mol. The summed E-state index contributed by atoms with van der Waals surface area (Å²) in [5.41, 5.74) is 4.97. The van der Waals surface area contributed by atoms with E-state index in [0.29, 0.717) is 6.42 Å². The van der Waals surface area contributed by atoms with Crippen LogP contribution in [0.25, 0.3) is 0 Å². The standard InChI is InChI=1S/C10H19N3O4/c1-4-5(2)7(13-10(11)17)8(14)12-6(3)9(15)16/h5-7H,4H2,1-3H3,(H,12,14)(H,15,16)(H3,11,13,17)/t5?,6-,7?/m1/s1. The predicted octanol–water partition coefficient (Wildman–Crippen LogP) is -0.341. The number of hydrogen-bond donors (Lipinski definition) is 4. The van der Waals surface area contributed by atoms with Gasteiger partial charge in [-0.3, -0.25) is 9.59 Å². The molecule has 0 aliphatic carbocycles. The van der Waals surface area contributed by atoms with E-state index < -0.39 is 30.0 Å². The second-order valence-corrected chi connectivity index (χ2v) is 3.94. The van der Waals surface area contributed by atoms with Crippen LogP contribution in [0.2, 0.25) is 0 Å². The quantitative estimate of drug-likeness (QED) is 0.511. The molecule has 0 bridgehead atoms. The molecular formula is C10H19N3O4. The molecule has 7 nitrogen and oxygen atoms in total. The van der Waals surface area contributed by atoms with Crippen LogP contribution < -0.4 is 16.4 Å². The number of amides is 3. The summed E-state index contributed by atoms with van der Waals surface area (Å²) in [4.78, 5) is 33.1. The zero-order valence-electron chi connectivity index (χ0n) is 10.2. The minimum absolute atomic E-state index is 0.136. The fraction of sp³-hybridized carbons (Fsp3) is 0.700. The van der Waals surface area contributed by atoms with Gasteiger partial charge >= 0.3 is 12.0 Å². The van der Waals surface area contributed by atoms with Crippen molar-refractivity contribution in [2.45, 2.75) is 39.3 Å². The summed E-state index contributed by atoms with van der Waals surface area (Å²) in [5, 5.41) is 13.3. The maximum absolute atomic E-state index is 11.7. The van der Waals surface area contributed by atoms with E-state index >= 15 is 0 Å². The lowest BCUT2D eigenvalue weighted by atomic mass is 9.98. The Morgan fingerprint density at radius 1 is 1.24 bits per heavy atom. The molecule has 0 aliphatic heterocycles. The molecule has 0 aliphatic rings. The molecule has 17 heavy (non-hydrogen) atoms. The van der Waals surface area contributed by atoms with Crippen LogP contribution in [0, 0.1) is 5.92 Å². The fourth-order valence-electron chi connectivity index (χ4n) is 1.22. The molecule has 0 rings (SSSR count). The number of nitrogens with one attached hydrogen (secondary N) is 2. The molecule has 0 spiro atoms. The Labute approximate surface area is 99.7 Å². The molecule has 0 saturated carbocycles. The zero-order chi connectivity index (χ0) is 13.6. The molecule has 2 unspecified atom stereocenters. The Morgan fingerprint density at radius 3 is 2.12 bits per heavy atom. The summed E-state index contributed by atoms with van der Waals surface area (Å²) >= 11 is 0. The van der Waals surface area contributed by atoms with E-state index in [1.807, 2.05) is 6.92 Å². The van der Waals surface area contributed by atoms with Crippen molar-refractivity contribution < 1.29 is 19.5 Å². The van der Waals surface area contributed by atoms with Gasteiger partial charge in [0.2, 0.25) is 5.91 Å². The molecule has 5 N–H and O–H groups in total. The minimum Gasteiger partial charge on any atom is -0.480 e. The highest BCUT2D eigenvalue weighted by atomic mass is 16.4. The molecule has 98 valence electrons. The Morgan fingerprint density at radius 2 is 1.76 bits per heavy atom. The van der Waals surface area contributed by atoms with E-state index in [1.54, 1.807) is 6.92 Å². The highest BCUT2D eigenvalue weighted by Crippen LogP contribution is 2.08. The predicted molar refractivity (Wildman–Crippen MR) is 61.2 cm³/mol. The third-order valence-electron chi connectivity index (χ3n) is 2.52. The highest BCUT2D eigenvalue weighted by Gasteiger charge is 2.27. The smallest absolute Gasteiger partial charge is 0.325 e. The maximum Gasteiger partial charge on any atom is 0.325 e. The summed E-state index contributed by atoms with van der Waals surface area (Å²) in [7, 11) is 0. The highest BCUT2D eigenvalue weighted by molar-refractivity contribution is 5.89. The second kappa shape index (κ2) is 6.72. The SMILES string of the molecule is CCC(C)C(NC(N)=O)C(=O)N[C@H](C)C(=O)O. The molecule has 7 heteroatoms. The lowest BCUT2D eigenvalue weighted by Crippen LogP contribution is -2.54. The van der Waals surface area contributed by atoms with Crippen LogP contribution in [0.1, 0.15) is 27.2 Å². The van der Waals surface area contributed by atoms with Crippen LogP contribution in [0.3, 0.4) is 0 Å². The van der Waals surface area contributed by atoms with Gasteiger partial charge in [0, 0.05) is 0 Å². The van der Waals surface area contributed by atoms with Gasteiger partial charge in [0.25, 0.3) is 0 Å². The van der Waals surface area contributed by atoms with E-state index in [2.05, 4.69) is 10.6 Å². The van der Waals surface area contributed by atoms with E-state index in [-0.39, 0.29) is 5.92 Å². The van der Waals surface area contributed by atoms with Crippen LogP contribution >= 0.6 is 0 Å². The molecule has 3 atom stereocenters. The summed E-state index contributed by atoms with van der Waals surface area (Å²) in [5.74, 6) is -1.82. The number of rotatable bonds is 6. The molecule has 0 aromatic heterocycles. The van der Waals surface area contributed by atoms with Crippen molar-refractivity contribution in [3.8, 4) is 0 Å². The molecule has 0 heterocycles. The summed E-state index contributed by atoms with van der Waals surface area (Å²) < 4.78 is 0. The van der Waals surface area contributed by atoms with Gasteiger partial charge in [0.15, 0.2) is 0 Å². The summed E-state index contributed by atoms with van der Waals surface area (Å²) in [6.07, 6.45) is 0.653. The first-order valence-corrected chi connectivity index (χ1v) is 5.38. The van der Waals surface area contributed by atoms with Gasteiger partial charge in [-0.15, -0.1) is 0 Å². The molecule has 3 amide bonds. The van der Waals surface area contributed by atoms with Crippen molar-refractivity contribution in [3.05, 3.63) is 0 Å². The lowest BCUT2D eigenvalue weighted by Gasteiger charge is -2.23. The number of hydrogen-bond acceptors (Lipinski definition) is 3. The molecule has 0 aromatic rings. The van der Waals surface area contributed by atoms with E-state index in [4.69, 9.17) is 10.8 Å². The topological polar surface area (TPSA) is 122 Å². The van der Waals surface area contributed by atoms with Gasteiger partial charge in [0.05, 0.1) is 0 Å². The van der Waals surface area contributed by atoms with Crippen molar-refractivity contribution in [1.82, 2.24) is 10.6 Å². The normalized spacial score (nSPS) is 15.5. The average Bonchev–Trinajstić information content (AvgIpc) is 2.24. The number of primary amides is 1. The van der Waals surface area contributed by atoms with Crippen molar-refractivity contribution in [2.24, 2.45) is 11.7 Å². The zero-order valence-corrected chi connectivity index (χ0v) is 10.2. The van der Waals surface area contributed by atoms with Gasteiger partial charge in [0.1, 0.15) is 12.1 Å². The number of carbonyl (C=O) groups excluding carboxylic acids is 2. The van der Waals surface area contributed by atoms with Crippen LogP contribution in [-0.2, 0) is 9.59 Å². The minimum atomic E-state index is -1.14. The molecule has 0 saturated heterocycles. The van der Waals surface area contributed by atoms with Gasteiger partial charge in [-0.25, -0.2) is 4.79 Å². The fourth-order valence-corrected chi connectivity index (χ4v) is 1.22. The number of aliphatic carboxylic acids is 1. The Bertz CT molecular complexity index is 306. The van der Waals surface area contributed by atoms with Gasteiger partial charge in [-0.2, -0.15) is 0 Å².